The van der Waals surface area contributed by atoms with Crippen LogP contribution in [0.5, 0.6) is 0 Å². The van der Waals surface area contributed by atoms with Gasteiger partial charge in [-0.05, 0) is 17.2 Å². The van der Waals surface area contributed by atoms with Crippen LogP contribution in [0, 0.1) is 0 Å². The molecule has 0 saturated carbocycles. The number of hydrogen-bond donors (Lipinski definition) is 2. The normalized spacial score (nSPS) is 10.2. The molecule has 0 aliphatic rings. The third-order valence-electron chi connectivity index (χ3n) is 2.48. The highest BCUT2D eigenvalue weighted by Crippen LogP contribution is 2.22. The van der Waals surface area contributed by atoms with E-state index in [4.69, 9.17) is 5.11 Å². The van der Waals surface area contributed by atoms with Crippen LogP contribution in [0.4, 0.5) is 0 Å². The summed E-state index contributed by atoms with van der Waals surface area (Å²) < 4.78 is 0. The van der Waals surface area contributed by atoms with Crippen LogP contribution in [0.2, 0.25) is 0 Å². The predicted molar refractivity (Wildman–Crippen MR) is 62.6 cm³/mol. The van der Waals surface area contributed by atoms with E-state index in [0.29, 0.717) is 0 Å². The molecule has 0 fully saturated rings. The number of benzene rings is 1. The van der Waals surface area contributed by atoms with E-state index in [0.717, 1.165) is 16.7 Å². The maximum absolute atomic E-state index is 10.7. The number of hydrogen-bond acceptors (Lipinski definition) is 3. The van der Waals surface area contributed by atoms with Crippen molar-refractivity contribution >= 4 is 5.97 Å². The summed E-state index contributed by atoms with van der Waals surface area (Å²) in [6, 6.07) is 10.5. The van der Waals surface area contributed by atoms with E-state index in [1.807, 2.05) is 24.3 Å². The van der Waals surface area contributed by atoms with Crippen molar-refractivity contribution in [2.45, 2.75) is 6.61 Å². The molecule has 0 aliphatic heterocycles. The van der Waals surface area contributed by atoms with Crippen LogP contribution >= 0.6 is 0 Å². The Labute approximate surface area is 98.2 Å². The largest absolute Gasteiger partial charge is 0.477 e. The molecule has 2 aromatic rings. The van der Waals surface area contributed by atoms with Gasteiger partial charge in [-0.15, -0.1) is 0 Å². The van der Waals surface area contributed by atoms with Gasteiger partial charge >= 0.3 is 5.97 Å². The van der Waals surface area contributed by atoms with Crippen molar-refractivity contribution in [3.8, 4) is 11.1 Å². The number of carboxylic acid groups (broad SMARTS) is 1. The second-order valence-electron chi connectivity index (χ2n) is 3.55. The van der Waals surface area contributed by atoms with Gasteiger partial charge in [-0.1, -0.05) is 30.3 Å². The third-order valence-corrected chi connectivity index (χ3v) is 2.48. The van der Waals surface area contributed by atoms with Gasteiger partial charge in [0.1, 0.15) is 5.69 Å². The van der Waals surface area contributed by atoms with Crippen molar-refractivity contribution in [1.82, 2.24) is 4.98 Å². The van der Waals surface area contributed by atoms with Gasteiger partial charge in [0.2, 0.25) is 0 Å². The molecule has 4 nitrogen and oxygen atoms in total. The van der Waals surface area contributed by atoms with Crippen LogP contribution in [0.25, 0.3) is 11.1 Å². The summed E-state index contributed by atoms with van der Waals surface area (Å²) in [5.74, 6) is -1.05. The van der Waals surface area contributed by atoms with Gasteiger partial charge in [0.05, 0.1) is 6.61 Å². The van der Waals surface area contributed by atoms with E-state index >= 15 is 0 Å². The van der Waals surface area contributed by atoms with E-state index < -0.39 is 5.97 Å². The van der Waals surface area contributed by atoms with Crippen molar-refractivity contribution in [3.63, 3.8) is 0 Å². The topological polar surface area (TPSA) is 70.4 Å². The minimum absolute atomic E-state index is 0.00947. The lowest BCUT2D eigenvalue weighted by Gasteiger charge is -2.06. The summed E-state index contributed by atoms with van der Waals surface area (Å²) in [6.45, 7) is -0.0587. The summed E-state index contributed by atoms with van der Waals surface area (Å²) in [7, 11) is 0. The predicted octanol–water partition coefficient (Wildman–Crippen LogP) is 1.94. The fourth-order valence-electron chi connectivity index (χ4n) is 1.62. The monoisotopic (exact) mass is 229 g/mol. The first-order valence-electron chi connectivity index (χ1n) is 5.11. The minimum Gasteiger partial charge on any atom is -0.477 e. The van der Waals surface area contributed by atoms with Crippen LogP contribution in [-0.4, -0.2) is 21.2 Å². The first-order chi connectivity index (χ1) is 8.22. The van der Waals surface area contributed by atoms with Crippen molar-refractivity contribution in [3.05, 3.63) is 53.9 Å². The van der Waals surface area contributed by atoms with Crippen LogP contribution in [-0.2, 0) is 6.61 Å². The summed E-state index contributed by atoms with van der Waals surface area (Å²) in [6.07, 6.45) is 1.50. The lowest BCUT2D eigenvalue weighted by atomic mass is 10.0. The molecule has 86 valence electrons. The molecule has 1 aromatic heterocycles. The van der Waals surface area contributed by atoms with Gasteiger partial charge in [0.15, 0.2) is 0 Å². The molecule has 17 heavy (non-hydrogen) atoms. The van der Waals surface area contributed by atoms with Crippen molar-refractivity contribution in [1.29, 1.82) is 0 Å². The maximum atomic E-state index is 10.7. The Morgan fingerprint density at radius 2 is 1.94 bits per heavy atom. The summed E-state index contributed by atoms with van der Waals surface area (Å²) in [4.78, 5) is 14.5. The molecule has 0 unspecified atom stereocenters. The van der Waals surface area contributed by atoms with Gasteiger partial charge in [-0.2, -0.15) is 0 Å². The van der Waals surface area contributed by atoms with Crippen LogP contribution in [0.15, 0.2) is 42.6 Å². The van der Waals surface area contributed by atoms with Gasteiger partial charge in [0, 0.05) is 11.8 Å². The molecule has 2 rings (SSSR count). The Balaban J connectivity index is 2.43. The molecule has 0 amide bonds. The number of rotatable bonds is 3. The third kappa shape index (κ3) is 2.32. The van der Waals surface area contributed by atoms with Crippen LogP contribution in [0.3, 0.4) is 0 Å². The van der Waals surface area contributed by atoms with E-state index in [9.17, 15) is 9.90 Å². The molecular formula is C13H11NO3. The average molecular weight is 229 g/mol. The Morgan fingerprint density at radius 3 is 2.53 bits per heavy atom. The Morgan fingerprint density at radius 1 is 1.18 bits per heavy atom. The zero-order chi connectivity index (χ0) is 12.3. The molecule has 1 heterocycles. The first kappa shape index (κ1) is 11.3. The van der Waals surface area contributed by atoms with Gasteiger partial charge in [-0.3, -0.25) is 0 Å². The quantitative estimate of drug-likeness (QED) is 0.843. The van der Waals surface area contributed by atoms with Gasteiger partial charge in [0.25, 0.3) is 0 Å². The van der Waals surface area contributed by atoms with Gasteiger partial charge in [-0.25, -0.2) is 9.78 Å². The number of nitrogens with zero attached hydrogens (tertiary/aromatic N) is 1. The number of carbonyl (C=O) groups is 1. The number of carboxylic acids is 1. The highest BCUT2D eigenvalue weighted by atomic mass is 16.4. The average Bonchev–Trinajstić information content (AvgIpc) is 2.39. The van der Waals surface area contributed by atoms with E-state index in [2.05, 4.69) is 4.98 Å². The lowest BCUT2D eigenvalue weighted by Crippen LogP contribution is -1.99. The van der Waals surface area contributed by atoms with Crippen molar-refractivity contribution in [2.75, 3.05) is 0 Å². The number of aliphatic hydroxyl groups is 1. The zero-order valence-corrected chi connectivity index (χ0v) is 9.00. The standard InChI is InChI=1S/C13H11NO3/c15-8-10-3-1-2-4-11(10)9-5-6-12(13(16)17)14-7-9/h1-7,15H,8H2,(H,16,17). The highest BCUT2D eigenvalue weighted by Gasteiger charge is 2.07. The SMILES string of the molecule is O=C(O)c1ccc(-c2ccccc2CO)cn1. The van der Waals surface area contributed by atoms with Crippen LogP contribution < -0.4 is 0 Å². The fraction of sp³-hybridized carbons (Fsp3) is 0.0769. The van der Waals surface area contributed by atoms with Crippen LogP contribution in [0.1, 0.15) is 16.1 Å². The molecule has 0 saturated heterocycles. The minimum atomic E-state index is -1.05. The Hall–Kier alpha value is -2.20. The number of aromatic nitrogens is 1. The fourth-order valence-corrected chi connectivity index (χ4v) is 1.62. The molecule has 0 spiro atoms. The van der Waals surface area contributed by atoms with E-state index in [-0.39, 0.29) is 12.3 Å². The van der Waals surface area contributed by atoms with E-state index in [1.54, 1.807) is 6.07 Å². The van der Waals surface area contributed by atoms with E-state index in [1.165, 1.54) is 12.3 Å². The number of aromatic carboxylic acids is 1. The molecule has 0 bridgehead atoms. The molecule has 2 N–H and O–H groups in total. The van der Waals surface area contributed by atoms with Crippen molar-refractivity contribution < 1.29 is 15.0 Å². The zero-order valence-electron chi connectivity index (χ0n) is 9.00. The Kier molecular flexibility index (Phi) is 3.16. The molecule has 4 heteroatoms. The number of pyridine rings is 1. The molecule has 0 atom stereocenters. The van der Waals surface area contributed by atoms with Crippen molar-refractivity contribution in [2.24, 2.45) is 0 Å². The molecule has 1 aromatic carbocycles. The lowest BCUT2D eigenvalue weighted by molar-refractivity contribution is 0.0690. The first-order valence-corrected chi connectivity index (χ1v) is 5.11. The molecule has 0 radical (unpaired) electrons. The summed E-state index contributed by atoms with van der Waals surface area (Å²) >= 11 is 0. The Bertz CT molecular complexity index is 535. The second kappa shape index (κ2) is 4.76. The summed E-state index contributed by atoms with van der Waals surface area (Å²) in [5.41, 5.74) is 2.45. The summed E-state index contributed by atoms with van der Waals surface area (Å²) in [5, 5.41) is 18.0. The second-order valence-corrected chi connectivity index (χ2v) is 3.55. The number of aliphatic hydroxyl groups excluding tert-OH is 1. The molecular weight excluding hydrogens is 218 g/mol. The molecule has 0 aliphatic carbocycles. The smallest absolute Gasteiger partial charge is 0.354 e. The van der Waals surface area contributed by atoms with Gasteiger partial charge < -0.3 is 10.2 Å². The maximum Gasteiger partial charge on any atom is 0.354 e. The highest BCUT2D eigenvalue weighted by molar-refractivity contribution is 5.85.